The van der Waals surface area contributed by atoms with Gasteiger partial charge in [0.2, 0.25) is 0 Å². The molecule has 0 fully saturated rings. The standard InChI is InChI=1S/C43H32N2.2Y/c1-30-3-7-32(8-4-30)11-13-34-15-19-36(20-16-34)40-25-38-23-24-39-26-41(28-45-29-44(27-40)42(38)43(39)45)37-21-17-35(18-22-37)14-12-33-9-5-31(2)6-10-33;;/h3,5,7-28H,29H2,1-2H3;;/b13-11+,14-12+;;. The van der Waals surface area contributed by atoms with Gasteiger partial charge in [0.1, 0.15) is 0 Å². The molecule has 2 nitrogen and oxygen atoms in total. The van der Waals surface area contributed by atoms with Crippen LogP contribution in [0.2, 0.25) is 0 Å². The Hall–Kier alpha value is -3.39. The summed E-state index contributed by atoms with van der Waals surface area (Å²) in [6.45, 7) is 4.93. The molecule has 220 valence electrons. The van der Waals surface area contributed by atoms with Gasteiger partial charge in [-0.1, -0.05) is 74.5 Å². The van der Waals surface area contributed by atoms with Gasteiger partial charge < -0.3 is 0 Å². The van der Waals surface area contributed by atoms with E-state index in [2.05, 4.69) is 169 Å². The van der Waals surface area contributed by atoms with E-state index in [1.165, 1.54) is 55.2 Å². The van der Waals surface area contributed by atoms with Crippen molar-refractivity contribution in [3.05, 3.63) is 167 Å². The zero-order valence-electron chi connectivity index (χ0n) is 26.6. The molecule has 0 saturated heterocycles. The molecule has 5 aromatic carbocycles. The normalized spacial score (nSPS) is 11.9. The summed E-state index contributed by atoms with van der Waals surface area (Å²) < 4.78 is 4.80. The first-order valence-electron chi connectivity index (χ1n) is 15.4. The van der Waals surface area contributed by atoms with E-state index in [0.29, 0.717) is 0 Å². The second-order valence-electron chi connectivity index (χ2n) is 12.0. The summed E-state index contributed by atoms with van der Waals surface area (Å²) in [5.41, 5.74) is 14.5. The minimum absolute atomic E-state index is 0. The van der Waals surface area contributed by atoms with Gasteiger partial charge in [-0.25, -0.2) is 0 Å². The van der Waals surface area contributed by atoms with Crippen molar-refractivity contribution >= 4 is 46.1 Å². The predicted molar refractivity (Wildman–Crippen MR) is 186 cm³/mol. The maximum Gasteiger partial charge on any atom is 0.345 e. The van der Waals surface area contributed by atoms with E-state index in [1.807, 2.05) is 12.1 Å². The fraction of sp³-hybridized carbons (Fsp3) is 0.0698. The van der Waals surface area contributed by atoms with E-state index in [-0.39, 0.29) is 65.4 Å². The molecule has 0 amide bonds. The molecule has 1 aliphatic rings. The molecule has 0 saturated carbocycles. The SMILES string of the molecule is Cc1[c-]cc(/C=C/c2ccc(-c3cc4ccc5cc(-c6ccc(/C=C/c7c[c-]c(C)cc7)cc6)c[n+]6c5c4[n+](c3)C6)cc2)cc1.[Y].[Y]. The topological polar surface area (TPSA) is 7.76 Å². The van der Waals surface area contributed by atoms with Gasteiger partial charge in [-0.15, -0.1) is 32.4 Å². The van der Waals surface area contributed by atoms with E-state index < -0.39 is 0 Å². The first-order valence-corrected chi connectivity index (χ1v) is 15.4. The Labute approximate surface area is 327 Å². The fourth-order valence-corrected chi connectivity index (χ4v) is 6.22. The van der Waals surface area contributed by atoms with Gasteiger partial charge in [0, 0.05) is 76.5 Å². The van der Waals surface area contributed by atoms with Crippen LogP contribution in [0.1, 0.15) is 33.4 Å². The zero-order chi connectivity index (χ0) is 30.3. The molecule has 8 rings (SSSR count). The summed E-state index contributed by atoms with van der Waals surface area (Å²) in [5.74, 6) is 0. The fourth-order valence-electron chi connectivity index (χ4n) is 6.22. The zero-order valence-corrected chi connectivity index (χ0v) is 32.3. The average Bonchev–Trinajstić information content (AvgIpc) is 3.46. The second-order valence-corrected chi connectivity index (χ2v) is 12.0. The summed E-state index contributed by atoms with van der Waals surface area (Å²) in [6.07, 6.45) is 13.2. The largest absolute Gasteiger partial charge is 0.345 e. The van der Waals surface area contributed by atoms with Crippen molar-refractivity contribution in [3.8, 4) is 22.3 Å². The van der Waals surface area contributed by atoms with Crippen LogP contribution in [0.4, 0.5) is 0 Å². The minimum atomic E-state index is 0. The van der Waals surface area contributed by atoms with Crippen molar-refractivity contribution in [3.63, 3.8) is 0 Å². The van der Waals surface area contributed by atoms with Crippen LogP contribution < -0.4 is 9.13 Å². The van der Waals surface area contributed by atoms with Crippen LogP contribution in [0.5, 0.6) is 0 Å². The summed E-state index contributed by atoms with van der Waals surface area (Å²) >= 11 is 0. The summed E-state index contributed by atoms with van der Waals surface area (Å²) in [5, 5.41) is 2.53. The van der Waals surface area contributed by atoms with E-state index in [9.17, 15) is 0 Å². The third kappa shape index (κ3) is 7.08. The minimum Gasteiger partial charge on any atom is -0.180 e. The molecule has 47 heavy (non-hydrogen) atoms. The van der Waals surface area contributed by atoms with Crippen LogP contribution >= 0.6 is 0 Å². The molecule has 0 N–H and O–H groups in total. The Kier molecular flexibility index (Phi) is 10.3. The molecule has 1 aliphatic heterocycles. The van der Waals surface area contributed by atoms with E-state index in [4.69, 9.17) is 0 Å². The Morgan fingerprint density at radius 1 is 0.468 bits per heavy atom. The van der Waals surface area contributed by atoms with Crippen molar-refractivity contribution in [2.24, 2.45) is 0 Å². The van der Waals surface area contributed by atoms with Crippen molar-refractivity contribution in [1.29, 1.82) is 0 Å². The first kappa shape index (κ1) is 33.5. The molecular formula is C43H32N2Y2. The van der Waals surface area contributed by atoms with Crippen LogP contribution in [-0.4, -0.2) is 0 Å². The maximum atomic E-state index is 3.27. The van der Waals surface area contributed by atoms with E-state index in [0.717, 1.165) is 28.9 Å². The van der Waals surface area contributed by atoms with Crippen LogP contribution in [-0.2, 0) is 72.1 Å². The van der Waals surface area contributed by atoms with Gasteiger partial charge in [-0.2, -0.15) is 59.7 Å². The molecule has 3 heterocycles. The summed E-state index contributed by atoms with van der Waals surface area (Å²) in [4.78, 5) is 0. The molecule has 7 aromatic rings. The number of pyridine rings is 2. The van der Waals surface area contributed by atoms with Gasteiger partial charge >= 0.3 is 6.67 Å². The maximum absolute atomic E-state index is 3.27. The number of nitrogens with zero attached hydrogens (tertiary/aromatic N) is 2. The Bertz CT molecular complexity index is 2100. The molecule has 0 bridgehead atoms. The number of hydrogen-bond donors (Lipinski definition) is 0. The van der Waals surface area contributed by atoms with Gasteiger partial charge in [0.15, 0.2) is 12.4 Å². The molecule has 0 spiro atoms. The van der Waals surface area contributed by atoms with Crippen LogP contribution in [0.15, 0.2) is 122 Å². The number of aromatic nitrogens is 2. The van der Waals surface area contributed by atoms with Crippen molar-refractivity contribution < 1.29 is 74.6 Å². The van der Waals surface area contributed by atoms with Gasteiger partial charge in [-0.3, -0.25) is 0 Å². The molecule has 2 aromatic heterocycles. The van der Waals surface area contributed by atoms with Crippen LogP contribution in [0.3, 0.4) is 0 Å². The van der Waals surface area contributed by atoms with Crippen molar-refractivity contribution in [1.82, 2.24) is 0 Å². The van der Waals surface area contributed by atoms with Gasteiger partial charge in [0.05, 0.1) is 10.8 Å². The molecular weight excluding hydrogens is 722 g/mol. The molecule has 0 aliphatic carbocycles. The van der Waals surface area contributed by atoms with Gasteiger partial charge in [-0.05, 0) is 46.5 Å². The summed E-state index contributed by atoms with van der Waals surface area (Å²) in [6, 6.07) is 45.9. The number of benzene rings is 5. The van der Waals surface area contributed by atoms with E-state index >= 15 is 0 Å². The molecule has 0 atom stereocenters. The van der Waals surface area contributed by atoms with Crippen molar-refractivity contribution in [2.75, 3.05) is 0 Å². The third-order valence-electron chi connectivity index (χ3n) is 8.71. The number of hydrogen-bond acceptors (Lipinski definition) is 0. The van der Waals surface area contributed by atoms with Crippen LogP contribution in [0, 0.1) is 26.0 Å². The second kappa shape index (κ2) is 14.4. The first-order chi connectivity index (χ1) is 22.1. The van der Waals surface area contributed by atoms with Crippen molar-refractivity contribution in [2.45, 2.75) is 20.5 Å². The van der Waals surface area contributed by atoms with Crippen LogP contribution in [0.25, 0.3) is 68.4 Å². The Morgan fingerprint density at radius 2 is 0.851 bits per heavy atom. The summed E-state index contributed by atoms with van der Waals surface area (Å²) in [7, 11) is 0. The smallest absolute Gasteiger partial charge is 0.180 e. The Morgan fingerprint density at radius 3 is 1.23 bits per heavy atom. The number of aryl methyl sites for hydroxylation is 2. The quantitative estimate of drug-likeness (QED) is 0.0693. The predicted octanol–water partition coefficient (Wildman–Crippen LogP) is 9.27. The Balaban J connectivity index is 0.00000193. The van der Waals surface area contributed by atoms with E-state index in [1.54, 1.807) is 0 Å². The monoisotopic (exact) mass is 754 g/mol. The average molecular weight is 755 g/mol. The number of rotatable bonds is 6. The molecule has 2 radical (unpaired) electrons. The molecule has 0 unspecified atom stereocenters. The molecule has 4 heteroatoms. The van der Waals surface area contributed by atoms with Gasteiger partial charge in [0.25, 0.3) is 11.0 Å². The third-order valence-corrected chi connectivity index (χ3v) is 8.71.